The summed E-state index contributed by atoms with van der Waals surface area (Å²) in [6.07, 6.45) is 3.68. The number of nitrogens with one attached hydrogen (secondary N) is 1. The summed E-state index contributed by atoms with van der Waals surface area (Å²) >= 11 is 1.39. The summed E-state index contributed by atoms with van der Waals surface area (Å²) in [5.41, 5.74) is 0.542. The fraction of sp³-hybridized carbons (Fsp3) is 0.368. The molecule has 1 amide bonds. The van der Waals surface area contributed by atoms with Gasteiger partial charge in [0, 0.05) is 25.8 Å². The first kappa shape index (κ1) is 17.7. The second kappa shape index (κ2) is 7.48. The molecule has 140 valence electrons. The number of amides is 1. The van der Waals surface area contributed by atoms with Crippen LogP contribution >= 0.6 is 11.3 Å². The minimum atomic E-state index is -0.438. The van der Waals surface area contributed by atoms with Gasteiger partial charge < -0.3 is 10.2 Å². The minimum Gasteiger partial charge on any atom is -0.348 e. The first-order chi connectivity index (χ1) is 13.1. The second-order valence-corrected chi connectivity index (χ2v) is 7.85. The van der Waals surface area contributed by atoms with Gasteiger partial charge in [0.25, 0.3) is 11.5 Å². The van der Waals surface area contributed by atoms with Gasteiger partial charge in [-0.2, -0.15) is 4.52 Å². The molecule has 1 fully saturated rings. The van der Waals surface area contributed by atoms with E-state index < -0.39 is 11.5 Å². The lowest BCUT2D eigenvalue weighted by Gasteiger charge is -2.30. The lowest BCUT2D eigenvalue weighted by atomic mass is 10.0. The molecular weight excluding hydrogens is 362 g/mol. The van der Waals surface area contributed by atoms with Crippen LogP contribution in [-0.4, -0.2) is 33.6 Å². The Morgan fingerprint density at radius 2 is 2.15 bits per heavy atom. The van der Waals surface area contributed by atoms with Crippen molar-refractivity contribution in [2.24, 2.45) is 5.92 Å². The van der Waals surface area contributed by atoms with Crippen molar-refractivity contribution in [3.05, 3.63) is 58.0 Å². The number of aromatic nitrogens is 3. The number of carbonyl (C=O) groups excluding carboxylic acids is 1. The van der Waals surface area contributed by atoms with Gasteiger partial charge in [-0.05, 0) is 24.3 Å². The SMILES string of the molecule is C[C@@H]1CCCN(c2nn3c(=O)c(C(=O)NCc4ccccc4)cnc3s2)C1. The van der Waals surface area contributed by atoms with Gasteiger partial charge in [0.05, 0.1) is 0 Å². The molecule has 1 atom stereocenters. The Balaban J connectivity index is 1.56. The third-order valence-corrected chi connectivity index (χ3v) is 5.73. The number of rotatable bonds is 4. The molecule has 0 unspecified atom stereocenters. The van der Waals surface area contributed by atoms with Crippen molar-refractivity contribution in [1.29, 1.82) is 0 Å². The second-order valence-electron chi connectivity index (χ2n) is 6.92. The summed E-state index contributed by atoms with van der Waals surface area (Å²) in [5, 5.41) is 7.99. The Labute approximate surface area is 160 Å². The van der Waals surface area contributed by atoms with E-state index in [0.717, 1.165) is 30.2 Å². The first-order valence-corrected chi connectivity index (χ1v) is 9.89. The van der Waals surface area contributed by atoms with Gasteiger partial charge in [0.1, 0.15) is 5.56 Å². The van der Waals surface area contributed by atoms with Crippen LogP contribution in [0.4, 0.5) is 5.13 Å². The molecule has 0 aliphatic carbocycles. The van der Waals surface area contributed by atoms with Crippen LogP contribution in [0.25, 0.3) is 4.96 Å². The van der Waals surface area contributed by atoms with Crippen LogP contribution in [0.3, 0.4) is 0 Å². The predicted molar refractivity (Wildman–Crippen MR) is 105 cm³/mol. The number of nitrogens with zero attached hydrogens (tertiary/aromatic N) is 4. The first-order valence-electron chi connectivity index (χ1n) is 9.08. The molecule has 0 radical (unpaired) electrons. The van der Waals surface area contributed by atoms with Crippen LogP contribution in [0.15, 0.2) is 41.3 Å². The Morgan fingerprint density at radius 1 is 1.33 bits per heavy atom. The molecule has 4 rings (SSSR count). The maximum absolute atomic E-state index is 12.7. The van der Waals surface area contributed by atoms with Crippen LogP contribution in [-0.2, 0) is 6.54 Å². The molecule has 1 aliphatic rings. The molecule has 27 heavy (non-hydrogen) atoms. The van der Waals surface area contributed by atoms with Gasteiger partial charge in [-0.3, -0.25) is 9.59 Å². The minimum absolute atomic E-state index is 0.00675. The van der Waals surface area contributed by atoms with Crippen LogP contribution in [0.5, 0.6) is 0 Å². The highest BCUT2D eigenvalue weighted by atomic mass is 32.1. The van der Waals surface area contributed by atoms with E-state index >= 15 is 0 Å². The summed E-state index contributed by atoms with van der Waals surface area (Å²) in [5.74, 6) is 0.168. The Bertz CT molecular complexity index is 1010. The van der Waals surface area contributed by atoms with Gasteiger partial charge in [-0.1, -0.05) is 48.6 Å². The normalized spacial score (nSPS) is 17.2. The number of fused-ring (bicyclic) bond motifs is 1. The molecule has 2 aromatic heterocycles. The maximum Gasteiger partial charge on any atom is 0.288 e. The van der Waals surface area contributed by atoms with Gasteiger partial charge in [0.2, 0.25) is 10.1 Å². The van der Waals surface area contributed by atoms with E-state index in [0.29, 0.717) is 17.4 Å². The average Bonchev–Trinajstić information content (AvgIpc) is 3.13. The predicted octanol–water partition coefficient (Wildman–Crippen LogP) is 2.32. The third-order valence-electron chi connectivity index (χ3n) is 4.74. The van der Waals surface area contributed by atoms with Crippen LogP contribution in [0, 0.1) is 5.92 Å². The van der Waals surface area contributed by atoms with Gasteiger partial charge >= 0.3 is 0 Å². The molecule has 0 saturated carbocycles. The summed E-state index contributed by atoms with van der Waals surface area (Å²) < 4.78 is 1.25. The van der Waals surface area contributed by atoms with Crippen molar-refractivity contribution >= 4 is 27.3 Å². The number of piperidine rings is 1. The lowest BCUT2D eigenvalue weighted by Crippen LogP contribution is -2.34. The largest absolute Gasteiger partial charge is 0.348 e. The number of carbonyl (C=O) groups is 1. The molecule has 1 aromatic carbocycles. The van der Waals surface area contributed by atoms with Crippen LogP contribution < -0.4 is 15.8 Å². The molecule has 3 aromatic rings. The van der Waals surface area contributed by atoms with E-state index in [1.807, 2.05) is 30.3 Å². The Kier molecular flexibility index (Phi) is 4.89. The van der Waals surface area contributed by atoms with Crippen molar-refractivity contribution in [3.63, 3.8) is 0 Å². The standard InChI is InChI=1S/C19H21N5O2S/c1-13-6-5-9-23(12-13)19-22-24-17(26)15(11-21-18(24)27-19)16(25)20-10-14-7-3-2-4-8-14/h2-4,7-8,11,13H,5-6,9-10,12H2,1H3,(H,20,25)/t13-/m1/s1. The zero-order chi connectivity index (χ0) is 18.8. The number of hydrogen-bond acceptors (Lipinski definition) is 6. The average molecular weight is 383 g/mol. The lowest BCUT2D eigenvalue weighted by molar-refractivity contribution is 0.0948. The maximum atomic E-state index is 12.7. The van der Waals surface area contributed by atoms with Crippen molar-refractivity contribution in [1.82, 2.24) is 19.9 Å². The summed E-state index contributed by atoms with van der Waals surface area (Å²) in [6.45, 7) is 4.44. The zero-order valence-electron chi connectivity index (χ0n) is 15.1. The Hall–Kier alpha value is -2.74. The summed E-state index contributed by atoms with van der Waals surface area (Å²) in [7, 11) is 0. The van der Waals surface area contributed by atoms with Gasteiger partial charge in [0.15, 0.2) is 0 Å². The summed E-state index contributed by atoms with van der Waals surface area (Å²) in [6, 6.07) is 9.56. The molecule has 0 spiro atoms. The van der Waals surface area contributed by atoms with E-state index in [4.69, 9.17) is 0 Å². The van der Waals surface area contributed by atoms with Crippen molar-refractivity contribution in [2.75, 3.05) is 18.0 Å². The van der Waals surface area contributed by atoms with E-state index in [1.165, 1.54) is 28.5 Å². The zero-order valence-corrected chi connectivity index (χ0v) is 15.9. The fourth-order valence-electron chi connectivity index (χ4n) is 3.30. The van der Waals surface area contributed by atoms with E-state index in [2.05, 4.69) is 27.2 Å². The highest BCUT2D eigenvalue weighted by molar-refractivity contribution is 7.20. The van der Waals surface area contributed by atoms with Crippen LogP contribution in [0.1, 0.15) is 35.7 Å². The molecule has 1 N–H and O–H groups in total. The molecule has 0 bridgehead atoms. The van der Waals surface area contributed by atoms with E-state index in [9.17, 15) is 9.59 Å². The third kappa shape index (κ3) is 3.71. The fourth-order valence-corrected chi connectivity index (χ4v) is 4.19. The monoisotopic (exact) mass is 383 g/mol. The molecule has 7 nitrogen and oxygen atoms in total. The number of hydrogen-bond donors (Lipinski definition) is 1. The smallest absolute Gasteiger partial charge is 0.288 e. The number of anilines is 1. The van der Waals surface area contributed by atoms with Gasteiger partial charge in [-0.25, -0.2) is 4.98 Å². The quantitative estimate of drug-likeness (QED) is 0.748. The van der Waals surface area contributed by atoms with Crippen molar-refractivity contribution in [3.8, 4) is 0 Å². The molecule has 1 saturated heterocycles. The summed E-state index contributed by atoms with van der Waals surface area (Å²) in [4.78, 5) is 32.2. The van der Waals surface area contributed by atoms with E-state index in [1.54, 1.807) is 0 Å². The highest BCUT2D eigenvalue weighted by Gasteiger charge is 2.22. The number of benzene rings is 1. The Morgan fingerprint density at radius 3 is 2.93 bits per heavy atom. The van der Waals surface area contributed by atoms with Crippen molar-refractivity contribution in [2.45, 2.75) is 26.3 Å². The van der Waals surface area contributed by atoms with Crippen LogP contribution in [0.2, 0.25) is 0 Å². The molecular formula is C19H21N5O2S. The molecule has 3 heterocycles. The van der Waals surface area contributed by atoms with Gasteiger partial charge in [-0.15, -0.1) is 5.10 Å². The molecule has 1 aliphatic heterocycles. The topological polar surface area (TPSA) is 79.6 Å². The highest BCUT2D eigenvalue weighted by Crippen LogP contribution is 2.26. The van der Waals surface area contributed by atoms with Crippen molar-refractivity contribution < 1.29 is 4.79 Å². The van der Waals surface area contributed by atoms with E-state index in [-0.39, 0.29) is 5.56 Å². The molecule has 8 heteroatoms.